The van der Waals surface area contributed by atoms with Gasteiger partial charge in [-0.3, -0.25) is 0 Å². The molecule has 0 radical (unpaired) electrons. The number of rotatable bonds is 3. The van der Waals surface area contributed by atoms with E-state index < -0.39 is 0 Å². The fourth-order valence-corrected chi connectivity index (χ4v) is 1.37. The van der Waals surface area contributed by atoms with E-state index in [1.807, 2.05) is 30.5 Å². The molecule has 2 aromatic rings. The summed E-state index contributed by atoms with van der Waals surface area (Å²) in [6, 6.07) is 7.96. The van der Waals surface area contributed by atoms with Gasteiger partial charge in [-0.1, -0.05) is 18.2 Å². The summed E-state index contributed by atoms with van der Waals surface area (Å²) in [7, 11) is 0. The summed E-state index contributed by atoms with van der Waals surface area (Å²) in [6.45, 7) is 0.349. The molecule has 3 nitrogen and oxygen atoms in total. The largest absolute Gasteiger partial charge is 0.377 e. The fraction of sp³-hybridized carbons (Fsp3) is 0.100. The van der Waals surface area contributed by atoms with Crippen LogP contribution < -0.4 is 5.32 Å². The number of benzene rings is 1. The molecule has 13 heavy (non-hydrogen) atoms. The number of aromatic amines is 1. The zero-order chi connectivity index (χ0) is 9.10. The third kappa shape index (κ3) is 1.40. The van der Waals surface area contributed by atoms with E-state index in [2.05, 4.69) is 10.3 Å². The number of carbonyl (C=O) groups is 1. The standard InChI is InChI=1S/C10H10N2O/c13-6-5-11-10-7-12-9-4-2-1-3-8(9)10/h1-4,6-7,11-12H,5H2. The van der Waals surface area contributed by atoms with Gasteiger partial charge in [0.1, 0.15) is 6.29 Å². The van der Waals surface area contributed by atoms with Crippen LogP contribution in [0, 0.1) is 0 Å². The van der Waals surface area contributed by atoms with Crippen molar-refractivity contribution < 1.29 is 4.79 Å². The Morgan fingerprint density at radius 2 is 2.23 bits per heavy atom. The van der Waals surface area contributed by atoms with Crippen molar-refractivity contribution in [2.75, 3.05) is 11.9 Å². The van der Waals surface area contributed by atoms with Crippen LogP contribution in [0.3, 0.4) is 0 Å². The molecule has 0 aliphatic carbocycles. The number of fused-ring (bicyclic) bond motifs is 1. The van der Waals surface area contributed by atoms with Crippen molar-refractivity contribution in [2.45, 2.75) is 0 Å². The normalized spacial score (nSPS) is 10.2. The molecular formula is C10H10N2O. The van der Waals surface area contributed by atoms with Crippen molar-refractivity contribution in [1.82, 2.24) is 4.98 Å². The molecular weight excluding hydrogens is 164 g/mol. The third-order valence-corrected chi connectivity index (χ3v) is 1.97. The monoisotopic (exact) mass is 174 g/mol. The molecule has 0 unspecified atom stereocenters. The van der Waals surface area contributed by atoms with E-state index in [0.717, 1.165) is 22.9 Å². The van der Waals surface area contributed by atoms with Crippen LogP contribution in [0.1, 0.15) is 0 Å². The Morgan fingerprint density at radius 3 is 3.08 bits per heavy atom. The van der Waals surface area contributed by atoms with E-state index in [9.17, 15) is 4.79 Å². The van der Waals surface area contributed by atoms with Crippen LogP contribution in [0.4, 0.5) is 5.69 Å². The number of carbonyl (C=O) groups excluding carboxylic acids is 1. The zero-order valence-electron chi connectivity index (χ0n) is 7.08. The number of hydrogen-bond donors (Lipinski definition) is 2. The number of nitrogens with one attached hydrogen (secondary N) is 2. The molecule has 0 spiro atoms. The summed E-state index contributed by atoms with van der Waals surface area (Å²) < 4.78 is 0. The lowest BCUT2D eigenvalue weighted by Gasteiger charge is -1.97. The highest BCUT2D eigenvalue weighted by atomic mass is 16.1. The lowest BCUT2D eigenvalue weighted by Crippen LogP contribution is -2.00. The Kier molecular flexibility index (Phi) is 2.00. The Hall–Kier alpha value is -1.77. The molecule has 0 fully saturated rings. The molecule has 0 aliphatic heterocycles. The summed E-state index contributed by atoms with van der Waals surface area (Å²) in [5.74, 6) is 0. The SMILES string of the molecule is O=CCNc1c[nH]c2ccccc12. The van der Waals surface area contributed by atoms with Crippen LogP contribution in [0.15, 0.2) is 30.5 Å². The molecule has 3 heteroatoms. The van der Waals surface area contributed by atoms with Crippen LogP contribution in [-0.4, -0.2) is 17.8 Å². The second-order valence-corrected chi connectivity index (χ2v) is 2.80. The molecule has 1 heterocycles. The molecule has 0 saturated heterocycles. The number of anilines is 1. The Labute approximate surface area is 75.8 Å². The molecule has 2 rings (SSSR count). The van der Waals surface area contributed by atoms with Gasteiger partial charge in [-0.25, -0.2) is 0 Å². The van der Waals surface area contributed by atoms with Gasteiger partial charge in [0.2, 0.25) is 0 Å². The van der Waals surface area contributed by atoms with Gasteiger partial charge >= 0.3 is 0 Å². The number of aromatic nitrogens is 1. The van der Waals surface area contributed by atoms with Crippen molar-refractivity contribution in [1.29, 1.82) is 0 Å². The molecule has 0 saturated carbocycles. The van der Waals surface area contributed by atoms with E-state index >= 15 is 0 Å². The predicted molar refractivity (Wildman–Crippen MR) is 52.9 cm³/mol. The van der Waals surface area contributed by atoms with Gasteiger partial charge in [0, 0.05) is 17.1 Å². The van der Waals surface area contributed by atoms with E-state index in [0.29, 0.717) is 6.54 Å². The highest BCUT2D eigenvalue weighted by Gasteiger charge is 1.99. The van der Waals surface area contributed by atoms with Gasteiger partial charge in [0.15, 0.2) is 0 Å². The molecule has 0 atom stereocenters. The highest BCUT2D eigenvalue weighted by molar-refractivity contribution is 5.92. The van der Waals surface area contributed by atoms with Crippen LogP contribution in [-0.2, 0) is 4.79 Å². The van der Waals surface area contributed by atoms with Gasteiger partial charge in [0.25, 0.3) is 0 Å². The van der Waals surface area contributed by atoms with E-state index in [1.54, 1.807) is 0 Å². The van der Waals surface area contributed by atoms with Crippen LogP contribution >= 0.6 is 0 Å². The first kappa shape index (κ1) is 7.86. The van der Waals surface area contributed by atoms with Crippen molar-refractivity contribution in [3.63, 3.8) is 0 Å². The summed E-state index contributed by atoms with van der Waals surface area (Å²) in [5, 5.41) is 4.13. The molecule has 1 aromatic heterocycles. The maximum Gasteiger partial charge on any atom is 0.139 e. The predicted octanol–water partition coefficient (Wildman–Crippen LogP) is 1.78. The number of H-pyrrole nitrogens is 1. The van der Waals surface area contributed by atoms with Crippen molar-refractivity contribution in [3.05, 3.63) is 30.5 Å². The Bertz CT molecular complexity index is 420. The van der Waals surface area contributed by atoms with E-state index in [-0.39, 0.29) is 0 Å². The maximum absolute atomic E-state index is 10.2. The minimum Gasteiger partial charge on any atom is -0.377 e. The lowest BCUT2D eigenvalue weighted by molar-refractivity contribution is -0.106. The van der Waals surface area contributed by atoms with Gasteiger partial charge in [-0.05, 0) is 6.07 Å². The number of para-hydroxylation sites is 1. The molecule has 66 valence electrons. The summed E-state index contributed by atoms with van der Waals surface area (Å²) >= 11 is 0. The molecule has 0 aliphatic rings. The fourth-order valence-electron chi connectivity index (χ4n) is 1.37. The minimum absolute atomic E-state index is 0.349. The highest BCUT2D eigenvalue weighted by Crippen LogP contribution is 2.21. The maximum atomic E-state index is 10.2. The van der Waals surface area contributed by atoms with Crippen LogP contribution in [0.5, 0.6) is 0 Å². The second kappa shape index (κ2) is 3.31. The third-order valence-electron chi connectivity index (χ3n) is 1.97. The lowest BCUT2D eigenvalue weighted by atomic mass is 10.2. The topological polar surface area (TPSA) is 44.9 Å². The van der Waals surface area contributed by atoms with Crippen molar-refractivity contribution in [3.8, 4) is 0 Å². The van der Waals surface area contributed by atoms with Gasteiger partial charge in [-0.2, -0.15) is 0 Å². The quantitative estimate of drug-likeness (QED) is 0.696. The Balaban J connectivity index is 2.40. The second-order valence-electron chi connectivity index (χ2n) is 2.80. The van der Waals surface area contributed by atoms with E-state index in [4.69, 9.17) is 0 Å². The van der Waals surface area contributed by atoms with Gasteiger partial charge in [-0.15, -0.1) is 0 Å². The Morgan fingerprint density at radius 1 is 1.38 bits per heavy atom. The first-order chi connectivity index (χ1) is 6.42. The first-order valence-electron chi connectivity index (χ1n) is 4.15. The average Bonchev–Trinajstić information content (AvgIpc) is 2.58. The number of aldehydes is 1. The van der Waals surface area contributed by atoms with Gasteiger partial charge < -0.3 is 15.1 Å². The molecule has 1 aromatic carbocycles. The zero-order valence-corrected chi connectivity index (χ0v) is 7.08. The summed E-state index contributed by atoms with van der Waals surface area (Å²) in [4.78, 5) is 13.3. The average molecular weight is 174 g/mol. The van der Waals surface area contributed by atoms with Gasteiger partial charge in [0.05, 0.1) is 12.2 Å². The van der Waals surface area contributed by atoms with Crippen molar-refractivity contribution >= 4 is 22.9 Å². The smallest absolute Gasteiger partial charge is 0.139 e. The molecule has 0 amide bonds. The van der Waals surface area contributed by atoms with Crippen LogP contribution in [0.2, 0.25) is 0 Å². The number of hydrogen-bond acceptors (Lipinski definition) is 2. The summed E-state index contributed by atoms with van der Waals surface area (Å²) in [6.07, 6.45) is 2.72. The van der Waals surface area contributed by atoms with Crippen molar-refractivity contribution in [2.24, 2.45) is 0 Å². The molecule has 0 bridgehead atoms. The summed E-state index contributed by atoms with van der Waals surface area (Å²) in [5.41, 5.74) is 2.05. The van der Waals surface area contributed by atoms with E-state index in [1.165, 1.54) is 0 Å². The first-order valence-corrected chi connectivity index (χ1v) is 4.15. The molecule has 2 N–H and O–H groups in total. The minimum atomic E-state index is 0.349. The van der Waals surface area contributed by atoms with Crippen LogP contribution in [0.25, 0.3) is 10.9 Å².